The Morgan fingerprint density at radius 2 is 1.18 bits per heavy atom. The minimum Gasteiger partial charge on any atom is -0.0651 e. The van der Waals surface area contributed by atoms with Crippen LogP contribution in [-0.4, -0.2) is 0 Å². The molecule has 0 nitrogen and oxygen atoms in total. The zero-order chi connectivity index (χ0) is 19.6. The molecular formula is C28H40. The molecule has 0 spiro atoms. The van der Waals surface area contributed by atoms with Gasteiger partial charge in [-0.3, -0.25) is 0 Å². The molecule has 2 aromatic rings. The van der Waals surface area contributed by atoms with E-state index in [4.69, 9.17) is 0 Å². The van der Waals surface area contributed by atoms with Gasteiger partial charge in [-0.05, 0) is 53.7 Å². The van der Waals surface area contributed by atoms with Gasteiger partial charge in [-0.1, -0.05) is 120 Å². The van der Waals surface area contributed by atoms with E-state index in [1.807, 2.05) is 6.07 Å². The van der Waals surface area contributed by atoms with Crippen molar-refractivity contribution in [2.24, 2.45) is 17.8 Å². The van der Waals surface area contributed by atoms with Crippen LogP contribution in [0.15, 0.2) is 54.6 Å². The smallest absolute Gasteiger partial charge is 0.0184 e. The summed E-state index contributed by atoms with van der Waals surface area (Å²) in [4.78, 5) is 0. The van der Waals surface area contributed by atoms with E-state index in [9.17, 15) is 0 Å². The normalized spacial score (nSPS) is 22.9. The second-order valence-corrected chi connectivity index (χ2v) is 9.00. The predicted molar refractivity (Wildman–Crippen MR) is 124 cm³/mol. The van der Waals surface area contributed by atoms with E-state index in [-0.39, 0.29) is 0 Å². The molecule has 0 aliphatic heterocycles. The van der Waals surface area contributed by atoms with Crippen LogP contribution in [0, 0.1) is 17.8 Å². The van der Waals surface area contributed by atoms with Gasteiger partial charge < -0.3 is 0 Å². The van der Waals surface area contributed by atoms with Crippen molar-refractivity contribution in [3.05, 3.63) is 60.2 Å². The van der Waals surface area contributed by atoms with E-state index in [2.05, 4.69) is 62.4 Å². The molecule has 2 aromatic carbocycles. The van der Waals surface area contributed by atoms with Crippen LogP contribution in [0.25, 0.3) is 11.1 Å². The fourth-order valence-electron chi connectivity index (χ4n) is 5.24. The number of hydrogen-bond donors (Lipinski definition) is 0. The Balaban J connectivity index is 0.000000161. The van der Waals surface area contributed by atoms with Gasteiger partial charge in [0.15, 0.2) is 0 Å². The highest BCUT2D eigenvalue weighted by atomic mass is 14.3. The molecule has 2 aliphatic rings. The summed E-state index contributed by atoms with van der Waals surface area (Å²) >= 11 is 0. The van der Waals surface area contributed by atoms with Crippen LogP contribution < -0.4 is 0 Å². The third kappa shape index (κ3) is 6.23. The molecule has 0 bridgehead atoms. The Hall–Kier alpha value is -1.56. The van der Waals surface area contributed by atoms with Gasteiger partial charge in [0.1, 0.15) is 0 Å². The molecule has 0 saturated heterocycles. The van der Waals surface area contributed by atoms with Crippen molar-refractivity contribution in [3.63, 3.8) is 0 Å². The molecule has 0 unspecified atom stereocenters. The summed E-state index contributed by atoms with van der Waals surface area (Å²) in [5, 5.41) is 0. The second-order valence-electron chi connectivity index (χ2n) is 9.00. The van der Waals surface area contributed by atoms with Crippen molar-refractivity contribution in [1.82, 2.24) is 0 Å². The van der Waals surface area contributed by atoms with Crippen LogP contribution >= 0.6 is 0 Å². The van der Waals surface area contributed by atoms with Gasteiger partial charge in [-0.15, -0.1) is 0 Å². The van der Waals surface area contributed by atoms with Gasteiger partial charge >= 0.3 is 0 Å². The Morgan fingerprint density at radius 3 is 1.75 bits per heavy atom. The minimum absolute atomic E-state index is 1.08. The van der Waals surface area contributed by atoms with Gasteiger partial charge in [0.2, 0.25) is 0 Å². The van der Waals surface area contributed by atoms with Crippen molar-refractivity contribution < 1.29 is 0 Å². The molecule has 2 saturated carbocycles. The van der Waals surface area contributed by atoms with Gasteiger partial charge in [0.25, 0.3) is 0 Å². The van der Waals surface area contributed by atoms with Crippen LogP contribution in [0.5, 0.6) is 0 Å². The average molecular weight is 377 g/mol. The molecule has 0 radical (unpaired) electrons. The van der Waals surface area contributed by atoms with E-state index in [1.54, 1.807) is 25.7 Å². The van der Waals surface area contributed by atoms with Gasteiger partial charge in [0, 0.05) is 0 Å². The summed E-state index contributed by atoms with van der Waals surface area (Å²) in [6.45, 7) is 4.54. The topological polar surface area (TPSA) is 0 Å². The standard InChI is InChI=1S/C14H26.C14H14/c2*1-2-12-8-10-14(11-9-12)13-6-4-3-5-7-13/h12-14H,2-11H2,1H3;3-11H,2H2,1H3. The first-order valence-electron chi connectivity index (χ1n) is 11.9. The van der Waals surface area contributed by atoms with Gasteiger partial charge in [-0.25, -0.2) is 0 Å². The SMILES string of the molecule is CCC1CCC(C2CCCCC2)CC1.CCc1ccc(-c2ccccc2)cc1. The predicted octanol–water partition coefficient (Wildman–Crippen LogP) is 8.70. The number of hydrogen-bond acceptors (Lipinski definition) is 0. The summed E-state index contributed by atoms with van der Waals surface area (Å²) < 4.78 is 0. The maximum atomic E-state index is 2.37. The molecule has 2 fully saturated rings. The van der Waals surface area contributed by atoms with Crippen molar-refractivity contribution in [1.29, 1.82) is 0 Å². The second kappa shape index (κ2) is 11.4. The maximum Gasteiger partial charge on any atom is -0.0184 e. The molecule has 0 heterocycles. The third-order valence-electron chi connectivity index (χ3n) is 7.25. The lowest BCUT2D eigenvalue weighted by Gasteiger charge is -2.35. The Bertz CT molecular complexity index is 640. The molecule has 0 aromatic heterocycles. The monoisotopic (exact) mass is 376 g/mol. The van der Waals surface area contributed by atoms with Gasteiger partial charge in [0.05, 0.1) is 0 Å². The van der Waals surface area contributed by atoms with Gasteiger partial charge in [-0.2, -0.15) is 0 Å². The molecular weight excluding hydrogens is 336 g/mol. The molecule has 0 atom stereocenters. The summed E-state index contributed by atoms with van der Waals surface area (Å²) in [6, 6.07) is 19.2. The van der Waals surface area contributed by atoms with Crippen LogP contribution in [0.4, 0.5) is 0 Å². The van der Waals surface area contributed by atoms with Crippen molar-refractivity contribution in [2.45, 2.75) is 84.5 Å². The Morgan fingerprint density at radius 1 is 0.607 bits per heavy atom. The number of benzene rings is 2. The van der Waals surface area contributed by atoms with E-state index in [0.29, 0.717) is 0 Å². The fraction of sp³-hybridized carbons (Fsp3) is 0.571. The highest BCUT2D eigenvalue weighted by Gasteiger charge is 2.27. The number of aryl methyl sites for hydroxylation is 1. The first kappa shape index (κ1) is 21.2. The zero-order valence-corrected chi connectivity index (χ0v) is 18.2. The molecule has 28 heavy (non-hydrogen) atoms. The maximum absolute atomic E-state index is 2.37. The third-order valence-corrected chi connectivity index (χ3v) is 7.25. The van der Waals surface area contributed by atoms with Crippen LogP contribution in [0.1, 0.15) is 83.6 Å². The lowest BCUT2D eigenvalue weighted by Crippen LogP contribution is -2.23. The van der Waals surface area contributed by atoms with Crippen molar-refractivity contribution in [3.8, 4) is 11.1 Å². The Labute approximate surface area is 173 Å². The molecule has 0 amide bonds. The van der Waals surface area contributed by atoms with E-state index < -0.39 is 0 Å². The largest absolute Gasteiger partial charge is 0.0651 e. The molecule has 152 valence electrons. The van der Waals surface area contributed by atoms with Crippen LogP contribution in [0.3, 0.4) is 0 Å². The highest BCUT2D eigenvalue weighted by Crippen LogP contribution is 2.40. The highest BCUT2D eigenvalue weighted by molar-refractivity contribution is 5.63. The first-order valence-corrected chi connectivity index (χ1v) is 11.9. The lowest BCUT2D eigenvalue weighted by molar-refractivity contribution is 0.165. The first-order chi connectivity index (χ1) is 13.8. The van der Waals surface area contributed by atoms with E-state index in [0.717, 1.165) is 24.2 Å². The average Bonchev–Trinajstić information content (AvgIpc) is 2.81. The molecule has 4 rings (SSSR count). The summed E-state index contributed by atoms with van der Waals surface area (Å²) in [7, 11) is 0. The van der Waals surface area contributed by atoms with E-state index >= 15 is 0 Å². The molecule has 0 heteroatoms. The van der Waals surface area contributed by atoms with E-state index in [1.165, 1.54) is 55.2 Å². The zero-order valence-electron chi connectivity index (χ0n) is 18.2. The summed E-state index contributed by atoms with van der Waals surface area (Å²) in [6.07, 6.45) is 16.4. The minimum atomic E-state index is 1.08. The Kier molecular flexibility index (Phi) is 8.65. The summed E-state index contributed by atoms with van der Waals surface area (Å²) in [5.74, 6) is 3.33. The quantitative estimate of drug-likeness (QED) is 0.500. The van der Waals surface area contributed by atoms with Crippen LogP contribution in [-0.2, 0) is 6.42 Å². The number of rotatable bonds is 4. The molecule has 2 aliphatic carbocycles. The fourth-order valence-corrected chi connectivity index (χ4v) is 5.24. The van der Waals surface area contributed by atoms with Crippen molar-refractivity contribution >= 4 is 0 Å². The molecule has 0 N–H and O–H groups in total. The summed E-state index contributed by atoms with van der Waals surface area (Å²) in [5.41, 5.74) is 3.97. The lowest BCUT2D eigenvalue weighted by atomic mass is 9.71. The van der Waals surface area contributed by atoms with Crippen molar-refractivity contribution in [2.75, 3.05) is 0 Å². The van der Waals surface area contributed by atoms with Crippen LogP contribution in [0.2, 0.25) is 0 Å².